The molecule has 1 aromatic carbocycles. The zero-order chi connectivity index (χ0) is 11.0. The van der Waals surface area contributed by atoms with E-state index in [1.165, 1.54) is 0 Å². The van der Waals surface area contributed by atoms with Gasteiger partial charge in [0.15, 0.2) is 0 Å². The molecular weight excluding hydrogens is 192 g/mol. The van der Waals surface area contributed by atoms with E-state index in [9.17, 15) is 4.79 Å². The van der Waals surface area contributed by atoms with Gasteiger partial charge in [0.2, 0.25) is 0 Å². The maximum Gasteiger partial charge on any atom is 0.336 e. The van der Waals surface area contributed by atoms with Gasteiger partial charge in [-0.1, -0.05) is 19.9 Å². The van der Waals surface area contributed by atoms with Crippen molar-refractivity contribution < 1.29 is 14.3 Å². The van der Waals surface area contributed by atoms with Crippen LogP contribution in [0.3, 0.4) is 0 Å². The van der Waals surface area contributed by atoms with Gasteiger partial charge in [-0.15, -0.1) is 0 Å². The maximum absolute atomic E-state index is 11.0. The number of carbonyl (C=O) groups is 1. The molecule has 15 heavy (non-hydrogen) atoms. The standard InChI is InChI=1S/C12H12O3/c1-7(2)9-6-15-10-5-3-4-8(11(9)10)12(13)14/h3-7H,1-2H3,(H,13,14). The Kier molecular flexibility index (Phi) is 2.23. The van der Waals surface area contributed by atoms with Crippen LogP contribution in [-0.2, 0) is 0 Å². The molecule has 0 unspecified atom stereocenters. The molecule has 0 aliphatic heterocycles. The van der Waals surface area contributed by atoms with E-state index in [1.807, 2.05) is 13.8 Å². The number of carboxylic acid groups (broad SMARTS) is 1. The van der Waals surface area contributed by atoms with E-state index < -0.39 is 5.97 Å². The highest BCUT2D eigenvalue weighted by molar-refractivity contribution is 6.03. The summed E-state index contributed by atoms with van der Waals surface area (Å²) >= 11 is 0. The van der Waals surface area contributed by atoms with Crippen molar-refractivity contribution in [2.45, 2.75) is 19.8 Å². The van der Waals surface area contributed by atoms with Crippen LogP contribution in [0.2, 0.25) is 0 Å². The molecule has 0 bridgehead atoms. The normalized spacial score (nSPS) is 11.1. The number of fused-ring (bicyclic) bond motifs is 1. The molecule has 2 aromatic rings. The first-order valence-corrected chi connectivity index (χ1v) is 4.84. The third kappa shape index (κ3) is 1.50. The number of furan rings is 1. The number of hydrogen-bond acceptors (Lipinski definition) is 2. The number of carboxylic acids is 1. The van der Waals surface area contributed by atoms with Crippen molar-refractivity contribution in [2.24, 2.45) is 0 Å². The van der Waals surface area contributed by atoms with Gasteiger partial charge in [-0.3, -0.25) is 0 Å². The van der Waals surface area contributed by atoms with E-state index in [1.54, 1.807) is 24.5 Å². The highest BCUT2D eigenvalue weighted by Gasteiger charge is 2.16. The Balaban J connectivity index is 2.80. The van der Waals surface area contributed by atoms with Crippen LogP contribution in [0.25, 0.3) is 11.0 Å². The molecule has 1 heterocycles. The van der Waals surface area contributed by atoms with Gasteiger partial charge in [0, 0.05) is 10.9 Å². The molecule has 1 N–H and O–H groups in total. The third-order valence-corrected chi connectivity index (χ3v) is 2.48. The lowest BCUT2D eigenvalue weighted by Gasteiger charge is -2.03. The minimum atomic E-state index is -0.913. The smallest absolute Gasteiger partial charge is 0.336 e. The quantitative estimate of drug-likeness (QED) is 0.816. The fourth-order valence-corrected chi connectivity index (χ4v) is 1.72. The molecule has 0 atom stereocenters. The molecule has 2 rings (SSSR count). The molecule has 0 fully saturated rings. The predicted molar refractivity (Wildman–Crippen MR) is 57.3 cm³/mol. The van der Waals surface area contributed by atoms with Crippen LogP contribution in [0.5, 0.6) is 0 Å². The summed E-state index contributed by atoms with van der Waals surface area (Å²) in [5.74, 6) is -0.657. The average Bonchev–Trinajstić information content (AvgIpc) is 2.60. The molecule has 0 aliphatic carbocycles. The number of hydrogen-bond donors (Lipinski definition) is 1. The fourth-order valence-electron chi connectivity index (χ4n) is 1.72. The van der Waals surface area contributed by atoms with Gasteiger partial charge in [0.1, 0.15) is 5.58 Å². The molecule has 1 aromatic heterocycles. The van der Waals surface area contributed by atoms with E-state index in [4.69, 9.17) is 9.52 Å². The fraction of sp³-hybridized carbons (Fsp3) is 0.250. The van der Waals surface area contributed by atoms with Crippen LogP contribution in [-0.4, -0.2) is 11.1 Å². The van der Waals surface area contributed by atoms with Crippen LogP contribution >= 0.6 is 0 Å². The lowest BCUT2D eigenvalue weighted by Crippen LogP contribution is -1.98. The maximum atomic E-state index is 11.0. The van der Waals surface area contributed by atoms with E-state index in [-0.39, 0.29) is 5.92 Å². The van der Waals surface area contributed by atoms with Gasteiger partial charge >= 0.3 is 5.97 Å². The lowest BCUT2D eigenvalue weighted by molar-refractivity contribution is 0.0699. The van der Waals surface area contributed by atoms with Crippen molar-refractivity contribution in [2.75, 3.05) is 0 Å². The molecule has 0 radical (unpaired) electrons. The SMILES string of the molecule is CC(C)c1coc2cccc(C(=O)O)c12. The van der Waals surface area contributed by atoms with Crippen molar-refractivity contribution in [1.29, 1.82) is 0 Å². The van der Waals surface area contributed by atoms with Crippen molar-refractivity contribution in [3.8, 4) is 0 Å². The Morgan fingerprint density at radius 2 is 2.13 bits per heavy atom. The van der Waals surface area contributed by atoms with Gasteiger partial charge in [0.05, 0.1) is 11.8 Å². The molecule has 78 valence electrons. The van der Waals surface area contributed by atoms with Crippen LogP contribution in [0.15, 0.2) is 28.9 Å². The minimum Gasteiger partial charge on any atom is -0.478 e. The second-order valence-electron chi connectivity index (χ2n) is 3.83. The van der Waals surface area contributed by atoms with Gasteiger partial charge in [-0.2, -0.15) is 0 Å². The zero-order valence-corrected chi connectivity index (χ0v) is 8.65. The Morgan fingerprint density at radius 3 is 2.73 bits per heavy atom. The summed E-state index contributed by atoms with van der Waals surface area (Å²) in [6.45, 7) is 4.03. The van der Waals surface area contributed by atoms with E-state index in [0.29, 0.717) is 11.1 Å². The molecular formula is C12H12O3. The molecule has 0 saturated carbocycles. The third-order valence-electron chi connectivity index (χ3n) is 2.48. The summed E-state index contributed by atoms with van der Waals surface area (Å²) in [5.41, 5.74) is 1.89. The molecule has 0 aliphatic rings. The van der Waals surface area contributed by atoms with Crippen LogP contribution in [0.4, 0.5) is 0 Å². The van der Waals surface area contributed by atoms with Gasteiger partial charge < -0.3 is 9.52 Å². The molecule has 0 saturated heterocycles. The number of rotatable bonds is 2. The van der Waals surface area contributed by atoms with Crippen molar-refractivity contribution in [1.82, 2.24) is 0 Å². The molecule has 3 nitrogen and oxygen atoms in total. The Hall–Kier alpha value is -1.77. The van der Waals surface area contributed by atoms with Crippen LogP contribution < -0.4 is 0 Å². The largest absolute Gasteiger partial charge is 0.478 e. The average molecular weight is 204 g/mol. The highest BCUT2D eigenvalue weighted by atomic mass is 16.4. The summed E-state index contributed by atoms with van der Waals surface area (Å²) in [6.07, 6.45) is 1.64. The first-order valence-electron chi connectivity index (χ1n) is 4.84. The molecule has 0 spiro atoms. The van der Waals surface area contributed by atoms with Gasteiger partial charge in [-0.25, -0.2) is 4.79 Å². The first-order chi connectivity index (χ1) is 7.11. The van der Waals surface area contributed by atoms with Gasteiger partial charge in [0.25, 0.3) is 0 Å². The minimum absolute atomic E-state index is 0.256. The van der Waals surface area contributed by atoms with E-state index in [2.05, 4.69) is 0 Å². The molecule has 0 amide bonds. The van der Waals surface area contributed by atoms with Crippen LogP contribution in [0, 0.1) is 0 Å². The van der Waals surface area contributed by atoms with Crippen molar-refractivity contribution >= 4 is 16.9 Å². The monoisotopic (exact) mass is 204 g/mol. The molecule has 3 heteroatoms. The predicted octanol–water partition coefficient (Wildman–Crippen LogP) is 3.25. The summed E-state index contributed by atoms with van der Waals surface area (Å²) in [4.78, 5) is 11.0. The Bertz CT molecular complexity index is 509. The van der Waals surface area contributed by atoms with Crippen molar-refractivity contribution in [3.05, 3.63) is 35.6 Å². The second kappa shape index (κ2) is 3.42. The number of benzene rings is 1. The first kappa shape index (κ1) is 9.77. The highest BCUT2D eigenvalue weighted by Crippen LogP contribution is 2.30. The van der Waals surface area contributed by atoms with Crippen molar-refractivity contribution in [3.63, 3.8) is 0 Å². The van der Waals surface area contributed by atoms with Crippen LogP contribution in [0.1, 0.15) is 35.7 Å². The van der Waals surface area contributed by atoms with E-state index >= 15 is 0 Å². The summed E-state index contributed by atoms with van der Waals surface area (Å²) in [7, 11) is 0. The second-order valence-corrected chi connectivity index (χ2v) is 3.83. The Labute approximate surface area is 87.3 Å². The van der Waals surface area contributed by atoms with Gasteiger partial charge in [-0.05, 0) is 18.1 Å². The topological polar surface area (TPSA) is 50.4 Å². The van der Waals surface area contributed by atoms with E-state index in [0.717, 1.165) is 10.9 Å². The lowest BCUT2D eigenvalue weighted by atomic mass is 9.99. The zero-order valence-electron chi connectivity index (χ0n) is 8.65. The summed E-state index contributed by atoms with van der Waals surface area (Å²) in [5, 5.41) is 9.79. The Morgan fingerprint density at radius 1 is 1.40 bits per heavy atom. The summed E-state index contributed by atoms with van der Waals surface area (Å²) < 4.78 is 5.34. The summed E-state index contributed by atoms with van der Waals surface area (Å²) in [6, 6.07) is 5.08. The number of aromatic carboxylic acids is 1.